The number of fused-ring (bicyclic) bond motifs is 1. The van der Waals surface area contributed by atoms with Crippen LogP contribution >= 0.6 is 0 Å². The van der Waals surface area contributed by atoms with E-state index in [0.29, 0.717) is 19.0 Å². The molecule has 0 radical (unpaired) electrons. The van der Waals surface area contributed by atoms with Gasteiger partial charge in [-0.25, -0.2) is 4.39 Å². The Morgan fingerprint density at radius 2 is 2.00 bits per heavy atom. The third-order valence-corrected chi connectivity index (χ3v) is 4.69. The highest BCUT2D eigenvalue weighted by atomic mass is 19.1. The highest BCUT2D eigenvalue weighted by molar-refractivity contribution is 5.83. The van der Waals surface area contributed by atoms with Gasteiger partial charge in [0.2, 0.25) is 0 Å². The number of aromatic amines is 1. The number of nitrogens with zero attached hydrogens (tertiary/aromatic N) is 2. The molecular formula is C22H22FN5O. The maximum Gasteiger partial charge on any atom is 0.191 e. The van der Waals surface area contributed by atoms with Gasteiger partial charge in [-0.05, 0) is 30.2 Å². The Bertz CT molecular complexity index is 1120. The van der Waals surface area contributed by atoms with Gasteiger partial charge in [0.1, 0.15) is 11.5 Å². The summed E-state index contributed by atoms with van der Waals surface area (Å²) >= 11 is 0. The number of nitrogens with one attached hydrogen (secondary N) is 3. The van der Waals surface area contributed by atoms with Gasteiger partial charge in [0.15, 0.2) is 11.7 Å². The number of guanidine groups is 1. The van der Waals surface area contributed by atoms with E-state index in [-0.39, 0.29) is 5.82 Å². The molecule has 7 heteroatoms. The van der Waals surface area contributed by atoms with Crippen molar-refractivity contribution in [3.63, 3.8) is 0 Å². The second-order valence-electron chi connectivity index (χ2n) is 6.65. The van der Waals surface area contributed by atoms with Crippen LogP contribution in [0.5, 0.6) is 0 Å². The Morgan fingerprint density at radius 3 is 2.83 bits per heavy atom. The number of H-pyrrole nitrogens is 1. The highest BCUT2D eigenvalue weighted by Crippen LogP contribution is 2.20. The van der Waals surface area contributed by atoms with Crippen LogP contribution in [0.15, 0.2) is 70.3 Å². The van der Waals surface area contributed by atoms with Crippen LogP contribution < -0.4 is 10.6 Å². The molecule has 0 amide bonds. The topological polar surface area (TPSA) is 78.2 Å². The van der Waals surface area contributed by atoms with Crippen LogP contribution in [0.2, 0.25) is 0 Å². The number of aliphatic imine (C=N–C) groups is 1. The number of halogens is 1. The minimum Gasteiger partial charge on any atom is -0.361 e. The van der Waals surface area contributed by atoms with E-state index in [2.05, 4.69) is 25.8 Å². The summed E-state index contributed by atoms with van der Waals surface area (Å²) < 4.78 is 18.7. The molecule has 6 nitrogen and oxygen atoms in total. The fourth-order valence-electron chi connectivity index (χ4n) is 3.21. The van der Waals surface area contributed by atoms with E-state index < -0.39 is 0 Å². The molecule has 0 saturated carbocycles. The second-order valence-corrected chi connectivity index (χ2v) is 6.65. The van der Waals surface area contributed by atoms with Gasteiger partial charge in [-0.2, -0.15) is 0 Å². The first-order chi connectivity index (χ1) is 14.2. The van der Waals surface area contributed by atoms with Crippen molar-refractivity contribution in [1.29, 1.82) is 0 Å². The summed E-state index contributed by atoms with van der Waals surface area (Å²) in [6, 6.07) is 16.6. The Morgan fingerprint density at radius 1 is 1.14 bits per heavy atom. The summed E-state index contributed by atoms with van der Waals surface area (Å²) in [6.07, 6.45) is 2.71. The van der Waals surface area contributed by atoms with E-state index >= 15 is 0 Å². The zero-order chi connectivity index (χ0) is 20.1. The van der Waals surface area contributed by atoms with Gasteiger partial charge in [0, 0.05) is 42.3 Å². The van der Waals surface area contributed by atoms with Crippen molar-refractivity contribution in [2.24, 2.45) is 4.99 Å². The number of aromatic nitrogens is 2. The van der Waals surface area contributed by atoms with E-state index in [1.54, 1.807) is 13.1 Å². The van der Waals surface area contributed by atoms with Gasteiger partial charge in [-0.1, -0.05) is 35.5 Å². The summed E-state index contributed by atoms with van der Waals surface area (Å²) in [5.41, 5.74) is 3.73. The van der Waals surface area contributed by atoms with E-state index in [1.165, 1.54) is 12.1 Å². The molecule has 2 aromatic carbocycles. The monoisotopic (exact) mass is 391 g/mol. The van der Waals surface area contributed by atoms with Crippen molar-refractivity contribution in [2.45, 2.75) is 13.0 Å². The standard InChI is InChI=1S/C22H22FN5O/c1-24-22(25-10-9-16-13-26-20-11-17(23)7-8-19(16)20)27-14-18-12-21(29-28-18)15-5-3-2-4-6-15/h2-8,11-13,26H,9-10,14H2,1H3,(H2,24,25,27). The molecule has 4 rings (SSSR count). The van der Waals surface area contributed by atoms with Crippen molar-refractivity contribution in [1.82, 2.24) is 20.8 Å². The van der Waals surface area contributed by atoms with Gasteiger partial charge >= 0.3 is 0 Å². The van der Waals surface area contributed by atoms with Crippen molar-refractivity contribution >= 4 is 16.9 Å². The largest absolute Gasteiger partial charge is 0.361 e. The molecule has 2 heterocycles. The Labute approximate surface area is 167 Å². The third kappa shape index (κ3) is 4.45. The Hall–Kier alpha value is -3.61. The first kappa shape index (κ1) is 18.7. The number of hydrogen-bond donors (Lipinski definition) is 3. The summed E-state index contributed by atoms with van der Waals surface area (Å²) in [7, 11) is 1.72. The van der Waals surface area contributed by atoms with Crippen LogP contribution in [0.3, 0.4) is 0 Å². The fraction of sp³-hybridized carbons (Fsp3) is 0.182. The molecule has 0 saturated heterocycles. The fourth-order valence-corrected chi connectivity index (χ4v) is 3.21. The van der Waals surface area contributed by atoms with Gasteiger partial charge < -0.3 is 20.1 Å². The SMILES string of the molecule is CN=C(NCCc1c[nH]c2cc(F)ccc12)NCc1cc(-c2ccccc2)on1. The third-order valence-electron chi connectivity index (χ3n) is 4.69. The zero-order valence-corrected chi connectivity index (χ0v) is 16.1. The Kier molecular flexibility index (Phi) is 5.56. The Balaban J connectivity index is 1.29. The van der Waals surface area contributed by atoms with Gasteiger partial charge in [0.05, 0.1) is 6.54 Å². The predicted molar refractivity (Wildman–Crippen MR) is 112 cm³/mol. The molecule has 3 N–H and O–H groups in total. The zero-order valence-electron chi connectivity index (χ0n) is 16.1. The molecular weight excluding hydrogens is 369 g/mol. The van der Waals surface area contributed by atoms with E-state index in [0.717, 1.165) is 39.9 Å². The molecule has 0 spiro atoms. The van der Waals surface area contributed by atoms with Crippen LogP contribution in [-0.2, 0) is 13.0 Å². The molecule has 0 unspecified atom stereocenters. The first-order valence-corrected chi connectivity index (χ1v) is 9.44. The van der Waals surface area contributed by atoms with Gasteiger partial charge in [0.25, 0.3) is 0 Å². The van der Waals surface area contributed by atoms with Crippen LogP contribution in [-0.4, -0.2) is 29.7 Å². The normalized spacial score (nSPS) is 11.7. The predicted octanol–water partition coefficient (Wildman–Crippen LogP) is 3.87. The molecule has 0 bridgehead atoms. The van der Waals surface area contributed by atoms with E-state index in [1.807, 2.05) is 42.6 Å². The summed E-state index contributed by atoms with van der Waals surface area (Å²) in [4.78, 5) is 7.35. The van der Waals surface area contributed by atoms with Crippen LogP contribution in [0.1, 0.15) is 11.3 Å². The van der Waals surface area contributed by atoms with Crippen LogP contribution in [0, 0.1) is 5.82 Å². The van der Waals surface area contributed by atoms with Gasteiger partial charge in [-0.15, -0.1) is 0 Å². The lowest BCUT2D eigenvalue weighted by molar-refractivity contribution is 0.422. The van der Waals surface area contributed by atoms with Crippen LogP contribution in [0.25, 0.3) is 22.2 Å². The average Bonchev–Trinajstić information content (AvgIpc) is 3.38. The summed E-state index contributed by atoms with van der Waals surface area (Å²) in [5, 5.41) is 11.7. The first-order valence-electron chi connectivity index (χ1n) is 9.44. The minimum absolute atomic E-state index is 0.239. The summed E-state index contributed by atoms with van der Waals surface area (Å²) in [6.45, 7) is 1.19. The maximum atomic E-state index is 13.3. The van der Waals surface area contributed by atoms with Gasteiger partial charge in [-0.3, -0.25) is 4.99 Å². The molecule has 2 aromatic heterocycles. The van der Waals surface area contributed by atoms with Crippen molar-refractivity contribution in [2.75, 3.05) is 13.6 Å². The van der Waals surface area contributed by atoms with Crippen molar-refractivity contribution < 1.29 is 8.91 Å². The molecule has 0 aliphatic heterocycles. The number of hydrogen-bond acceptors (Lipinski definition) is 3. The van der Waals surface area contributed by atoms with Crippen LogP contribution in [0.4, 0.5) is 4.39 Å². The second kappa shape index (κ2) is 8.60. The highest BCUT2D eigenvalue weighted by Gasteiger charge is 2.08. The van der Waals surface area contributed by atoms with E-state index in [9.17, 15) is 4.39 Å². The smallest absolute Gasteiger partial charge is 0.191 e. The molecule has 0 atom stereocenters. The molecule has 0 aliphatic rings. The molecule has 4 aromatic rings. The number of benzene rings is 2. The van der Waals surface area contributed by atoms with Crippen molar-refractivity contribution in [3.8, 4) is 11.3 Å². The maximum absolute atomic E-state index is 13.3. The lowest BCUT2D eigenvalue weighted by Gasteiger charge is -2.10. The molecule has 148 valence electrons. The van der Waals surface area contributed by atoms with E-state index in [4.69, 9.17) is 4.52 Å². The summed E-state index contributed by atoms with van der Waals surface area (Å²) in [5.74, 6) is 1.18. The molecule has 0 aliphatic carbocycles. The minimum atomic E-state index is -0.239. The van der Waals surface area contributed by atoms with Crippen molar-refractivity contribution in [3.05, 3.63) is 77.9 Å². The molecule has 0 fully saturated rings. The quantitative estimate of drug-likeness (QED) is 0.344. The lowest BCUT2D eigenvalue weighted by atomic mass is 10.1. The number of rotatable bonds is 6. The average molecular weight is 391 g/mol. The molecule has 29 heavy (non-hydrogen) atoms. The lowest BCUT2D eigenvalue weighted by Crippen LogP contribution is -2.37.